The zero-order chi connectivity index (χ0) is 13.9. The molecule has 0 fully saturated rings. The van der Waals surface area contributed by atoms with Gasteiger partial charge in [0.15, 0.2) is 0 Å². The third-order valence-electron chi connectivity index (χ3n) is 3.89. The Morgan fingerprint density at radius 1 is 1.00 bits per heavy atom. The van der Waals surface area contributed by atoms with Crippen molar-refractivity contribution in [3.63, 3.8) is 0 Å². The monoisotopic (exact) mass is 292 g/mol. The first-order chi connectivity index (χ1) is 8.64. The van der Waals surface area contributed by atoms with Crippen LogP contribution in [-0.2, 0) is 24.0 Å². The van der Waals surface area contributed by atoms with Gasteiger partial charge in [0.1, 0.15) is 0 Å². The second-order valence-electron chi connectivity index (χ2n) is 5.18. The Balaban J connectivity index is 3.77. The molecule has 0 amide bonds. The maximum atomic E-state index is 5.64. The molecule has 0 aromatic rings. The van der Waals surface area contributed by atoms with E-state index in [4.69, 9.17) is 6.64 Å². The summed E-state index contributed by atoms with van der Waals surface area (Å²) in [6.07, 6.45) is 12.7. The van der Waals surface area contributed by atoms with Crippen LogP contribution in [0.5, 0.6) is 0 Å². The Morgan fingerprint density at radius 3 is 1.94 bits per heavy atom. The van der Waals surface area contributed by atoms with Crippen molar-refractivity contribution in [1.29, 1.82) is 0 Å². The van der Waals surface area contributed by atoms with Crippen molar-refractivity contribution in [1.82, 2.24) is 0 Å². The number of hydrogen-bond acceptors (Lipinski definition) is 2. The molecule has 1 unspecified atom stereocenters. The van der Waals surface area contributed by atoms with Gasteiger partial charge >= 0.3 is 119 Å². The van der Waals surface area contributed by atoms with Crippen LogP contribution < -0.4 is 0 Å². The number of hydrogen-bond donors (Lipinski definition) is 0. The summed E-state index contributed by atoms with van der Waals surface area (Å²) in [5.41, 5.74) is 0. The van der Waals surface area contributed by atoms with Gasteiger partial charge in [0.25, 0.3) is 0 Å². The first kappa shape index (κ1) is 18.4. The van der Waals surface area contributed by atoms with E-state index in [0.717, 1.165) is 0 Å². The van der Waals surface area contributed by atoms with Crippen molar-refractivity contribution in [2.45, 2.75) is 67.7 Å². The molecular weight excluding hydrogens is 260 g/mol. The summed E-state index contributed by atoms with van der Waals surface area (Å²) in [6, 6.07) is 0. The molecular formula is C15H32O2Ti. The van der Waals surface area contributed by atoms with E-state index in [1.54, 1.807) is 14.2 Å². The van der Waals surface area contributed by atoms with Gasteiger partial charge in [-0.1, -0.05) is 0 Å². The zero-order valence-electron chi connectivity index (χ0n) is 12.8. The molecule has 0 aliphatic carbocycles. The van der Waals surface area contributed by atoms with Crippen molar-refractivity contribution >= 4 is 0 Å². The molecule has 18 heavy (non-hydrogen) atoms. The summed E-state index contributed by atoms with van der Waals surface area (Å²) < 4.78 is 11.7. The fourth-order valence-electron chi connectivity index (χ4n) is 2.30. The van der Waals surface area contributed by atoms with Crippen molar-refractivity contribution in [3.05, 3.63) is 12.7 Å². The van der Waals surface area contributed by atoms with Gasteiger partial charge in [0.2, 0.25) is 0 Å². The normalized spacial score (nSPS) is 13.6. The fraction of sp³-hybridized carbons (Fsp3) is 0.867. The van der Waals surface area contributed by atoms with Gasteiger partial charge in [-0.2, -0.15) is 0 Å². The van der Waals surface area contributed by atoms with Gasteiger partial charge in [0, 0.05) is 0 Å². The Labute approximate surface area is 118 Å². The van der Waals surface area contributed by atoms with Crippen LogP contribution >= 0.6 is 0 Å². The Kier molecular flexibility index (Phi) is 11.5. The van der Waals surface area contributed by atoms with Gasteiger partial charge in [-0.3, -0.25) is 0 Å². The molecule has 0 bridgehead atoms. The molecule has 108 valence electrons. The van der Waals surface area contributed by atoms with E-state index in [1.165, 1.54) is 51.4 Å². The van der Waals surface area contributed by atoms with Crippen molar-refractivity contribution in [2.75, 3.05) is 14.2 Å². The predicted octanol–water partition coefficient (Wildman–Crippen LogP) is 5.43. The molecule has 0 saturated carbocycles. The molecule has 1 atom stereocenters. The summed E-state index contributed by atoms with van der Waals surface area (Å²) in [5, 5.41) is 2.17. The molecule has 0 aliphatic rings. The molecule has 0 spiro atoms. The summed E-state index contributed by atoms with van der Waals surface area (Å²) in [4.78, 5) is 0. The molecule has 0 rings (SSSR count). The minimum absolute atomic E-state index is 0.454. The Morgan fingerprint density at radius 2 is 1.50 bits per heavy atom. The molecule has 0 N–H and O–H groups in total. The van der Waals surface area contributed by atoms with Gasteiger partial charge < -0.3 is 0 Å². The standard InChI is InChI=1S/C12H23.2CH3O.CH3.Ti/c1-3-5-7-9-11-12-10-8-6-4-2;2*1-2;;/h3,5H,1,4,6-12H2,2H3;2*1H3;1H3;/q;2*-1;;+2. The van der Waals surface area contributed by atoms with E-state index in [0.29, 0.717) is 4.22 Å². The number of allylic oxidation sites excluding steroid dienone is 1. The first-order valence-corrected chi connectivity index (χ1v) is 11.1. The summed E-state index contributed by atoms with van der Waals surface area (Å²) >= 11 is -2.55. The van der Waals surface area contributed by atoms with Crippen molar-refractivity contribution in [3.8, 4) is 0 Å². The van der Waals surface area contributed by atoms with E-state index >= 15 is 0 Å². The van der Waals surface area contributed by atoms with Gasteiger partial charge in [0.05, 0.1) is 0 Å². The van der Waals surface area contributed by atoms with Crippen LogP contribution in [0.25, 0.3) is 0 Å². The van der Waals surface area contributed by atoms with E-state index in [9.17, 15) is 0 Å². The molecule has 2 nitrogen and oxygen atoms in total. The van der Waals surface area contributed by atoms with E-state index in [1.807, 2.05) is 6.08 Å². The molecule has 0 radical (unpaired) electrons. The Hall–Kier alpha value is 0.374. The number of unbranched alkanes of at least 4 members (excludes halogenated alkanes) is 6. The van der Waals surface area contributed by atoms with Gasteiger partial charge in [-0.05, 0) is 0 Å². The van der Waals surface area contributed by atoms with Crippen LogP contribution in [-0.4, -0.2) is 14.2 Å². The summed E-state index contributed by atoms with van der Waals surface area (Å²) in [7, 11) is 3.56. The van der Waals surface area contributed by atoms with Crippen LogP contribution in [0, 0.1) is 0 Å². The quantitative estimate of drug-likeness (QED) is 0.271. The second-order valence-corrected chi connectivity index (χ2v) is 10.8. The topological polar surface area (TPSA) is 18.5 Å². The van der Waals surface area contributed by atoms with Crippen LogP contribution in [0.4, 0.5) is 0 Å². The maximum absolute atomic E-state index is 5.64. The average molecular weight is 292 g/mol. The van der Waals surface area contributed by atoms with E-state index in [-0.39, 0.29) is 0 Å². The molecule has 0 aromatic carbocycles. The third-order valence-corrected chi connectivity index (χ3v) is 9.34. The van der Waals surface area contributed by atoms with Crippen molar-refractivity contribution in [2.24, 2.45) is 0 Å². The minimum atomic E-state index is -2.55. The van der Waals surface area contributed by atoms with Crippen LogP contribution in [0.1, 0.15) is 58.3 Å². The second kappa shape index (κ2) is 11.2. The SMILES string of the molecule is C=C[CH](CCCCCCCCC)[Ti]([CH3])([O]C)[O]C. The zero-order valence-corrected chi connectivity index (χ0v) is 14.4. The van der Waals surface area contributed by atoms with Crippen molar-refractivity contribution < 1.29 is 24.0 Å². The summed E-state index contributed by atoms with van der Waals surface area (Å²) in [6.45, 7) is 6.21. The van der Waals surface area contributed by atoms with Crippen LogP contribution in [0.3, 0.4) is 0 Å². The predicted molar refractivity (Wildman–Crippen MR) is 76.4 cm³/mol. The molecule has 0 aliphatic heterocycles. The van der Waals surface area contributed by atoms with Crippen LogP contribution in [0.2, 0.25) is 9.45 Å². The first-order valence-electron chi connectivity index (χ1n) is 7.37. The Bertz CT molecular complexity index is 203. The number of rotatable bonds is 12. The molecule has 0 saturated heterocycles. The molecule has 3 heteroatoms. The third kappa shape index (κ3) is 7.08. The van der Waals surface area contributed by atoms with E-state index in [2.05, 4.69) is 18.7 Å². The molecule has 0 heterocycles. The average Bonchev–Trinajstić information content (AvgIpc) is 2.41. The fourth-order valence-corrected chi connectivity index (χ4v) is 5.31. The van der Waals surface area contributed by atoms with E-state index < -0.39 is 17.4 Å². The summed E-state index contributed by atoms with van der Waals surface area (Å²) in [5.74, 6) is 0. The van der Waals surface area contributed by atoms with Gasteiger partial charge in [-0.25, -0.2) is 0 Å². The van der Waals surface area contributed by atoms with Crippen LogP contribution in [0.15, 0.2) is 12.7 Å². The van der Waals surface area contributed by atoms with Gasteiger partial charge in [-0.15, -0.1) is 0 Å². The molecule has 0 aromatic heterocycles.